The molecular weight excluding hydrogens is 331 g/mol. The molecule has 0 saturated heterocycles. The molecule has 0 bridgehead atoms. The average molecular weight is 342 g/mol. The molecule has 6 N–H and O–H groups in total. The van der Waals surface area contributed by atoms with Gasteiger partial charge in [-0.2, -0.15) is 16.8 Å². The molecule has 21 heavy (non-hydrogen) atoms. The second-order valence-electron chi connectivity index (χ2n) is 4.04. The van der Waals surface area contributed by atoms with Crippen LogP contribution in [0.25, 0.3) is 10.8 Å². The zero-order valence-electron chi connectivity index (χ0n) is 9.81. The maximum atomic E-state index is 11.3. The van der Waals surface area contributed by atoms with E-state index in [1.165, 1.54) is 12.1 Å². The fourth-order valence-electron chi connectivity index (χ4n) is 1.78. The second-order valence-corrected chi connectivity index (χ2v) is 6.85. The van der Waals surface area contributed by atoms with Crippen molar-refractivity contribution in [3.05, 3.63) is 24.3 Å². The Bertz CT molecular complexity index is 924. The van der Waals surface area contributed by atoms with Crippen molar-refractivity contribution in [3.63, 3.8) is 0 Å². The zero-order chi connectivity index (χ0) is 15.3. The standard InChI is InChI=1S/C10H10N2O6S2.Na.H/c11-8-2-1-6-7(10(8)12)3-5(19(13,14)15)4-9(6)20(16,17)18;;/h1-4H,11-12H2,(H,13,14,15)(H,16,17,18);;. The number of hydrogen-bond donors (Lipinski definition) is 4. The Labute approximate surface area is 142 Å². The number of nitrogen functional groups attached to an aromatic ring is 2. The molecule has 0 aliphatic carbocycles. The molecule has 8 nitrogen and oxygen atoms in total. The van der Waals surface area contributed by atoms with Gasteiger partial charge in [0.1, 0.15) is 4.90 Å². The minimum absolute atomic E-state index is 0. The molecule has 0 aliphatic heterocycles. The Morgan fingerprint density at radius 2 is 1.43 bits per heavy atom. The van der Waals surface area contributed by atoms with Gasteiger partial charge in [-0.3, -0.25) is 9.11 Å². The Hall–Kier alpha value is -0.880. The first-order chi connectivity index (χ1) is 9.01. The molecule has 0 aromatic heterocycles. The maximum absolute atomic E-state index is 11.3. The molecule has 0 heterocycles. The molecular formula is C10H11N2NaO6S2. The third-order valence-corrected chi connectivity index (χ3v) is 4.45. The van der Waals surface area contributed by atoms with Crippen molar-refractivity contribution in [1.29, 1.82) is 0 Å². The second kappa shape index (κ2) is 5.72. The molecule has 0 fully saturated rings. The number of benzene rings is 2. The van der Waals surface area contributed by atoms with Crippen LogP contribution >= 0.6 is 0 Å². The number of rotatable bonds is 2. The number of hydrogen-bond acceptors (Lipinski definition) is 6. The normalized spacial score (nSPS) is 12.1. The SMILES string of the molecule is Nc1ccc2c(S(=O)(=O)O)cc(S(=O)(=O)O)cc2c1N.[NaH]. The summed E-state index contributed by atoms with van der Waals surface area (Å²) in [6.45, 7) is 0. The average Bonchev–Trinajstić information content (AvgIpc) is 2.30. The molecule has 0 saturated carbocycles. The van der Waals surface area contributed by atoms with Crippen LogP contribution in [0.5, 0.6) is 0 Å². The summed E-state index contributed by atoms with van der Waals surface area (Å²) < 4.78 is 63.2. The van der Waals surface area contributed by atoms with E-state index < -0.39 is 30.0 Å². The summed E-state index contributed by atoms with van der Waals surface area (Å²) in [5, 5.41) is -0.0145. The van der Waals surface area contributed by atoms with E-state index in [0.29, 0.717) is 6.07 Å². The summed E-state index contributed by atoms with van der Waals surface area (Å²) in [4.78, 5) is -1.40. The number of anilines is 2. The first kappa shape index (κ1) is 18.2. The van der Waals surface area contributed by atoms with Gasteiger partial charge in [0.05, 0.1) is 16.3 Å². The van der Waals surface area contributed by atoms with Crippen LogP contribution in [0.4, 0.5) is 11.4 Å². The van der Waals surface area contributed by atoms with Crippen molar-refractivity contribution in [2.24, 2.45) is 0 Å². The van der Waals surface area contributed by atoms with E-state index in [4.69, 9.17) is 20.6 Å². The van der Waals surface area contributed by atoms with Crippen molar-refractivity contribution < 1.29 is 25.9 Å². The Morgan fingerprint density at radius 3 is 1.90 bits per heavy atom. The van der Waals surface area contributed by atoms with Crippen LogP contribution in [0.15, 0.2) is 34.1 Å². The van der Waals surface area contributed by atoms with E-state index in [0.717, 1.165) is 6.07 Å². The summed E-state index contributed by atoms with van der Waals surface area (Å²) in [7, 11) is -9.39. The van der Waals surface area contributed by atoms with Gasteiger partial charge in [0.15, 0.2) is 0 Å². The van der Waals surface area contributed by atoms with Crippen LogP contribution in [0.2, 0.25) is 0 Å². The summed E-state index contributed by atoms with van der Waals surface area (Å²) in [6.07, 6.45) is 0. The fraction of sp³-hybridized carbons (Fsp3) is 0. The van der Waals surface area contributed by atoms with Crippen LogP contribution in [-0.2, 0) is 20.2 Å². The van der Waals surface area contributed by atoms with Gasteiger partial charge in [0, 0.05) is 10.8 Å². The van der Waals surface area contributed by atoms with Crippen LogP contribution in [-0.4, -0.2) is 55.5 Å². The van der Waals surface area contributed by atoms with Gasteiger partial charge >= 0.3 is 29.6 Å². The monoisotopic (exact) mass is 342 g/mol. The number of nitrogens with two attached hydrogens (primary N) is 2. The molecule has 2 rings (SSSR count). The Balaban J connectivity index is 0.00000220. The molecule has 0 atom stereocenters. The molecule has 0 spiro atoms. The van der Waals surface area contributed by atoms with Gasteiger partial charge in [-0.15, -0.1) is 0 Å². The van der Waals surface area contributed by atoms with Gasteiger partial charge < -0.3 is 11.5 Å². The van der Waals surface area contributed by atoms with Crippen molar-refractivity contribution >= 4 is 71.9 Å². The van der Waals surface area contributed by atoms with Gasteiger partial charge in [0.25, 0.3) is 20.2 Å². The van der Waals surface area contributed by atoms with E-state index in [-0.39, 0.29) is 51.7 Å². The van der Waals surface area contributed by atoms with Gasteiger partial charge in [0.2, 0.25) is 0 Å². The van der Waals surface area contributed by atoms with E-state index in [2.05, 4.69) is 0 Å². The van der Waals surface area contributed by atoms with Crippen molar-refractivity contribution in [1.82, 2.24) is 0 Å². The molecule has 0 amide bonds. The van der Waals surface area contributed by atoms with Crippen molar-refractivity contribution in [3.8, 4) is 0 Å². The van der Waals surface area contributed by atoms with Gasteiger partial charge in [-0.1, -0.05) is 6.07 Å². The molecule has 11 heteroatoms. The van der Waals surface area contributed by atoms with Gasteiger partial charge in [-0.05, 0) is 18.2 Å². The summed E-state index contributed by atoms with van der Waals surface area (Å²) in [5.74, 6) is 0. The van der Waals surface area contributed by atoms with Crippen LogP contribution in [0.1, 0.15) is 0 Å². The van der Waals surface area contributed by atoms with Gasteiger partial charge in [-0.25, -0.2) is 0 Å². The first-order valence-electron chi connectivity index (χ1n) is 5.08. The van der Waals surface area contributed by atoms with Crippen LogP contribution < -0.4 is 11.5 Å². The first-order valence-corrected chi connectivity index (χ1v) is 7.96. The molecule has 2 aromatic carbocycles. The fourth-order valence-corrected chi connectivity index (χ4v) is 3.12. The predicted molar refractivity (Wildman–Crippen MR) is 79.6 cm³/mol. The number of fused-ring (bicyclic) bond motifs is 1. The predicted octanol–water partition coefficient (Wildman–Crippen LogP) is -0.151. The quantitative estimate of drug-likeness (QED) is 0.333. The molecule has 0 unspecified atom stereocenters. The van der Waals surface area contributed by atoms with E-state index in [9.17, 15) is 16.8 Å². The van der Waals surface area contributed by atoms with Crippen LogP contribution in [0.3, 0.4) is 0 Å². The van der Waals surface area contributed by atoms with Crippen molar-refractivity contribution in [2.45, 2.75) is 9.79 Å². The summed E-state index contributed by atoms with van der Waals surface area (Å²) >= 11 is 0. The van der Waals surface area contributed by atoms with Crippen LogP contribution in [0, 0.1) is 0 Å². The third kappa shape index (κ3) is 3.48. The van der Waals surface area contributed by atoms with E-state index in [1.807, 2.05) is 0 Å². The van der Waals surface area contributed by atoms with E-state index in [1.54, 1.807) is 0 Å². The topological polar surface area (TPSA) is 161 Å². The summed E-state index contributed by atoms with van der Waals surface area (Å²) in [6, 6.07) is 4.21. The minimum atomic E-state index is -4.71. The van der Waals surface area contributed by atoms with Crippen molar-refractivity contribution in [2.75, 3.05) is 11.5 Å². The summed E-state index contributed by atoms with van der Waals surface area (Å²) in [5.41, 5.74) is 11.3. The molecule has 0 radical (unpaired) electrons. The van der Waals surface area contributed by atoms with E-state index >= 15 is 0 Å². The Morgan fingerprint density at radius 1 is 0.857 bits per heavy atom. The molecule has 0 aliphatic rings. The molecule has 110 valence electrons. The molecule has 2 aromatic rings. The zero-order valence-corrected chi connectivity index (χ0v) is 11.4. The Kier molecular flexibility index (Phi) is 4.95. The third-order valence-electron chi connectivity index (χ3n) is 2.72.